The molecule has 0 amide bonds. The van der Waals surface area contributed by atoms with E-state index in [1.807, 2.05) is 0 Å². The molecule has 5 rings (SSSR count). The fraction of sp³-hybridized carbons (Fsp3) is 0.250. The molecule has 3 heterocycles. The second-order valence-corrected chi connectivity index (χ2v) is 12.8. The monoisotopic (exact) mass is 770 g/mol. The van der Waals surface area contributed by atoms with Gasteiger partial charge in [0, 0.05) is 46.2 Å². The summed E-state index contributed by atoms with van der Waals surface area (Å²) in [7, 11) is 2.74. The SMILES string of the molecule is CO/C(=C(/C=C(\N)C(F)F)c1cc(-c2nnc(C)o2)ccc1C(=O)O)C(C)C.COc1cnc(C(F)F)cc1-c1cc(-c2nnc(C)s2)ccc1C(=O)O. The summed E-state index contributed by atoms with van der Waals surface area (Å²) in [6.07, 6.45) is -3.50. The number of nitrogens with two attached hydrogens (primary N) is 1. The first kappa shape index (κ1) is 40.6. The molecule has 2 aromatic carbocycles. The fourth-order valence-electron chi connectivity index (χ4n) is 5.12. The Bertz CT molecular complexity index is 2220. The summed E-state index contributed by atoms with van der Waals surface area (Å²) in [6.45, 7) is 6.99. The molecule has 5 aromatic rings. The highest BCUT2D eigenvalue weighted by molar-refractivity contribution is 7.14. The number of halogens is 4. The number of carboxylic acids is 2. The summed E-state index contributed by atoms with van der Waals surface area (Å²) in [6, 6.07) is 10.0. The minimum atomic E-state index is -2.91. The molecule has 284 valence electrons. The Morgan fingerprint density at radius 1 is 0.870 bits per heavy atom. The molecule has 0 aliphatic carbocycles. The normalized spacial score (nSPS) is 12.1. The lowest BCUT2D eigenvalue weighted by atomic mass is 9.92. The molecule has 4 N–H and O–H groups in total. The van der Waals surface area contributed by atoms with Crippen LogP contribution in [0.2, 0.25) is 0 Å². The van der Waals surface area contributed by atoms with E-state index in [2.05, 4.69) is 25.4 Å². The Kier molecular flexibility index (Phi) is 13.2. The lowest BCUT2D eigenvalue weighted by molar-refractivity contribution is 0.0686. The fourth-order valence-corrected chi connectivity index (χ4v) is 5.81. The van der Waals surface area contributed by atoms with Gasteiger partial charge in [-0.3, -0.25) is 4.98 Å². The smallest absolute Gasteiger partial charge is 0.336 e. The van der Waals surface area contributed by atoms with Crippen molar-refractivity contribution in [2.45, 2.75) is 40.5 Å². The van der Waals surface area contributed by atoms with Crippen LogP contribution >= 0.6 is 11.3 Å². The molecule has 0 unspecified atom stereocenters. The number of aryl methyl sites for hydroxylation is 2. The van der Waals surface area contributed by atoms with Crippen molar-refractivity contribution in [2.24, 2.45) is 11.7 Å². The summed E-state index contributed by atoms with van der Waals surface area (Å²) in [5, 5.41) is 36.1. The number of aromatic carboxylic acids is 2. The molecule has 0 radical (unpaired) electrons. The number of methoxy groups -OCH3 is 2. The van der Waals surface area contributed by atoms with Gasteiger partial charge >= 0.3 is 11.9 Å². The predicted octanol–water partition coefficient (Wildman–Crippen LogP) is 8.08. The molecular formula is C36H34F4N6O7S. The Morgan fingerprint density at radius 3 is 2.06 bits per heavy atom. The van der Waals surface area contributed by atoms with Gasteiger partial charge in [-0.1, -0.05) is 31.3 Å². The summed E-state index contributed by atoms with van der Waals surface area (Å²) < 4.78 is 68.2. The average Bonchev–Trinajstić information content (AvgIpc) is 3.78. The van der Waals surface area contributed by atoms with E-state index < -0.39 is 36.2 Å². The van der Waals surface area contributed by atoms with Gasteiger partial charge in [0.2, 0.25) is 11.8 Å². The molecule has 13 nitrogen and oxygen atoms in total. The number of nitrogens with zero attached hydrogens (tertiary/aromatic N) is 5. The highest BCUT2D eigenvalue weighted by Gasteiger charge is 2.23. The van der Waals surface area contributed by atoms with Crippen LogP contribution in [0.3, 0.4) is 0 Å². The molecule has 0 atom stereocenters. The van der Waals surface area contributed by atoms with Crippen LogP contribution in [0.15, 0.2) is 70.6 Å². The van der Waals surface area contributed by atoms with Gasteiger partial charge < -0.3 is 29.8 Å². The first-order valence-electron chi connectivity index (χ1n) is 15.8. The number of alkyl halides is 4. The summed E-state index contributed by atoms with van der Waals surface area (Å²) in [5.41, 5.74) is 5.96. The molecule has 3 aromatic heterocycles. The van der Waals surface area contributed by atoms with E-state index in [4.69, 9.17) is 19.6 Å². The number of allylic oxidation sites excluding steroid dienone is 4. The van der Waals surface area contributed by atoms with Crippen molar-refractivity contribution in [1.82, 2.24) is 25.4 Å². The summed E-state index contributed by atoms with van der Waals surface area (Å²) in [4.78, 5) is 27.1. The van der Waals surface area contributed by atoms with E-state index in [-0.39, 0.29) is 50.9 Å². The lowest BCUT2D eigenvalue weighted by Crippen LogP contribution is -2.11. The number of benzene rings is 2. The molecule has 54 heavy (non-hydrogen) atoms. The zero-order chi connectivity index (χ0) is 39.9. The quantitative estimate of drug-likeness (QED) is 0.0626. The molecule has 0 saturated carbocycles. The van der Waals surface area contributed by atoms with Crippen molar-refractivity contribution in [3.8, 4) is 38.9 Å². The van der Waals surface area contributed by atoms with E-state index in [1.165, 1.54) is 49.8 Å². The molecular weight excluding hydrogens is 736 g/mol. The van der Waals surface area contributed by atoms with Crippen molar-refractivity contribution in [3.63, 3.8) is 0 Å². The van der Waals surface area contributed by atoms with Crippen LogP contribution in [0, 0.1) is 19.8 Å². The second-order valence-electron chi connectivity index (χ2n) is 11.6. The van der Waals surface area contributed by atoms with Crippen molar-refractivity contribution < 1.29 is 51.3 Å². The van der Waals surface area contributed by atoms with Gasteiger partial charge in [0.25, 0.3) is 12.9 Å². The maximum atomic E-state index is 13.1. The standard InChI is InChI=1S/C19H21F2N3O4.C17H13F2N3O3S/c1-9(2)16(27-4)14(8-15(22)17(20)21)13-7-11(5-6-12(13)19(25)26)18-24-23-10(3)28-18;1-8-21-22-16(26-8)9-3-4-10(17(23)24)11(5-9)12-6-13(15(18)19)20-7-14(12)25-2/h5-9,17H,22H2,1-4H3,(H,25,26);3-7,15H,1-2H3,(H,23,24)/b15-8-,16-14-;. The first-order valence-corrected chi connectivity index (χ1v) is 16.6. The van der Waals surface area contributed by atoms with Gasteiger partial charge in [0.1, 0.15) is 27.2 Å². The van der Waals surface area contributed by atoms with Gasteiger partial charge in [0.05, 0.1) is 37.2 Å². The maximum Gasteiger partial charge on any atom is 0.336 e. The highest BCUT2D eigenvalue weighted by atomic mass is 32.1. The van der Waals surface area contributed by atoms with Crippen molar-refractivity contribution in [3.05, 3.63) is 99.5 Å². The number of rotatable bonds is 12. The average molecular weight is 771 g/mol. The molecule has 0 spiro atoms. The molecule has 0 aliphatic rings. The van der Waals surface area contributed by atoms with Gasteiger partial charge in [-0.2, -0.15) is 0 Å². The molecule has 0 aliphatic heterocycles. The zero-order valence-corrected chi connectivity index (χ0v) is 30.4. The number of ether oxygens (including phenoxy) is 2. The van der Waals surface area contributed by atoms with Gasteiger partial charge in [-0.25, -0.2) is 27.2 Å². The van der Waals surface area contributed by atoms with Gasteiger partial charge in [-0.15, -0.1) is 20.4 Å². The van der Waals surface area contributed by atoms with Crippen LogP contribution in [0.4, 0.5) is 17.6 Å². The van der Waals surface area contributed by atoms with Crippen LogP contribution in [0.25, 0.3) is 38.7 Å². The van der Waals surface area contributed by atoms with Crippen LogP contribution in [-0.4, -0.2) is 68.2 Å². The molecule has 0 saturated heterocycles. The molecule has 18 heteroatoms. The van der Waals surface area contributed by atoms with Crippen LogP contribution < -0.4 is 10.5 Å². The van der Waals surface area contributed by atoms with E-state index in [1.54, 1.807) is 39.8 Å². The Labute approximate surface area is 309 Å². The van der Waals surface area contributed by atoms with E-state index in [9.17, 15) is 37.4 Å². The third-order valence-electron chi connectivity index (χ3n) is 7.53. The summed E-state index contributed by atoms with van der Waals surface area (Å²) >= 11 is 1.34. The number of aromatic nitrogens is 5. The van der Waals surface area contributed by atoms with Gasteiger partial charge in [-0.05, 0) is 49.4 Å². The Balaban J connectivity index is 0.000000241. The van der Waals surface area contributed by atoms with Crippen LogP contribution in [0.1, 0.15) is 63.1 Å². The van der Waals surface area contributed by atoms with E-state index in [0.29, 0.717) is 27.8 Å². The third-order valence-corrected chi connectivity index (χ3v) is 8.42. The minimum absolute atomic E-state index is 0.0419. The van der Waals surface area contributed by atoms with Crippen molar-refractivity contribution in [2.75, 3.05) is 14.2 Å². The molecule has 0 fully saturated rings. The topological polar surface area (TPSA) is 197 Å². The number of carbonyl (C=O) groups is 2. The van der Waals surface area contributed by atoms with Crippen LogP contribution in [-0.2, 0) is 4.74 Å². The predicted molar refractivity (Wildman–Crippen MR) is 190 cm³/mol. The number of hydrogen-bond donors (Lipinski definition) is 3. The van der Waals surface area contributed by atoms with Crippen molar-refractivity contribution in [1.29, 1.82) is 0 Å². The zero-order valence-electron chi connectivity index (χ0n) is 29.6. The third kappa shape index (κ3) is 9.43. The molecule has 0 bridgehead atoms. The Hall–Kier alpha value is -6.17. The highest BCUT2D eigenvalue weighted by Crippen LogP contribution is 2.38. The number of carboxylic acid groups (broad SMARTS) is 2. The largest absolute Gasteiger partial charge is 0.500 e. The lowest BCUT2D eigenvalue weighted by Gasteiger charge is -2.18. The second kappa shape index (κ2) is 17.6. The summed E-state index contributed by atoms with van der Waals surface area (Å²) in [5.74, 6) is -1.63. The van der Waals surface area contributed by atoms with Gasteiger partial charge in [0.15, 0.2) is 0 Å². The number of hydrogen-bond acceptors (Lipinski definition) is 12. The van der Waals surface area contributed by atoms with Crippen LogP contribution in [0.5, 0.6) is 5.75 Å². The van der Waals surface area contributed by atoms with Crippen molar-refractivity contribution >= 4 is 28.8 Å². The maximum absolute atomic E-state index is 13.1. The number of pyridine rings is 1. The van der Waals surface area contributed by atoms with E-state index >= 15 is 0 Å². The first-order chi connectivity index (χ1) is 25.6. The van der Waals surface area contributed by atoms with E-state index in [0.717, 1.165) is 23.3 Å². The Morgan fingerprint density at radius 2 is 1.54 bits per heavy atom. The minimum Gasteiger partial charge on any atom is -0.500 e.